The summed E-state index contributed by atoms with van der Waals surface area (Å²) in [6.45, 7) is 4.44. The first kappa shape index (κ1) is 12.2. The second-order valence-electron chi connectivity index (χ2n) is 4.89. The summed E-state index contributed by atoms with van der Waals surface area (Å²) in [5, 5.41) is 8.62. The van der Waals surface area contributed by atoms with Crippen LogP contribution in [0, 0.1) is 5.41 Å². The van der Waals surface area contributed by atoms with Crippen LogP contribution < -0.4 is 0 Å². The highest BCUT2D eigenvalue weighted by atomic mass is 16.3. The zero-order valence-electron chi connectivity index (χ0n) is 9.45. The van der Waals surface area contributed by atoms with E-state index in [9.17, 15) is 9.59 Å². The Labute approximate surface area is 90.3 Å². The molecule has 1 saturated heterocycles. The number of aliphatic hydroxyl groups excluding tert-OH is 1. The molecular weight excluding hydrogens is 194 g/mol. The number of amides is 2. The molecule has 0 aromatic heterocycles. The third kappa shape index (κ3) is 3.30. The van der Waals surface area contributed by atoms with Crippen LogP contribution in [0.4, 0.5) is 0 Å². The number of hydrogen-bond acceptors (Lipinski definition) is 3. The Hall–Kier alpha value is -0.900. The summed E-state index contributed by atoms with van der Waals surface area (Å²) in [5.41, 5.74) is -0.193. The Balaban J connectivity index is 2.52. The number of unbranched alkanes of at least 4 members (excludes halogenated alkanes) is 1. The van der Waals surface area contributed by atoms with Crippen LogP contribution in [-0.2, 0) is 9.59 Å². The molecule has 1 aliphatic rings. The van der Waals surface area contributed by atoms with Crippen molar-refractivity contribution in [3.8, 4) is 0 Å². The molecule has 4 nitrogen and oxygen atoms in total. The number of nitrogens with zero attached hydrogens (tertiary/aromatic N) is 1. The van der Waals surface area contributed by atoms with Crippen LogP contribution in [0.15, 0.2) is 0 Å². The van der Waals surface area contributed by atoms with Gasteiger partial charge in [-0.3, -0.25) is 14.5 Å². The van der Waals surface area contributed by atoms with Crippen molar-refractivity contribution in [1.82, 2.24) is 4.90 Å². The molecule has 0 saturated carbocycles. The van der Waals surface area contributed by atoms with Crippen LogP contribution in [-0.4, -0.2) is 35.0 Å². The summed E-state index contributed by atoms with van der Waals surface area (Å²) in [5.74, 6) is -0.150. The van der Waals surface area contributed by atoms with Gasteiger partial charge in [0.2, 0.25) is 11.8 Å². The Morgan fingerprint density at radius 2 is 1.73 bits per heavy atom. The molecule has 0 radical (unpaired) electrons. The van der Waals surface area contributed by atoms with Crippen molar-refractivity contribution in [3.63, 3.8) is 0 Å². The SMILES string of the molecule is CC1(C)CC(=O)N(CCCCO)C(=O)C1. The van der Waals surface area contributed by atoms with Gasteiger partial charge in [0.05, 0.1) is 0 Å². The lowest BCUT2D eigenvalue weighted by molar-refractivity contribution is -0.152. The van der Waals surface area contributed by atoms with Gasteiger partial charge in [-0.05, 0) is 18.3 Å². The number of likely N-dealkylation sites (tertiary alicyclic amines) is 1. The van der Waals surface area contributed by atoms with E-state index < -0.39 is 0 Å². The van der Waals surface area contributed by atoms with E-state index in [-0.39, 0.29) is 23.8 Å². The maximum Gasteiger partial charge on any atom is 0.229 e. The topological polar surface area (TPSA) is 57.6 Å². The molecule has 0 aliphatic carbocycles. The molecule has 1 rings (SSSR count). The highest BCUT2D eigenvalue weighted by Crippen LogP contribution is 2.31. The molecule has 15 heavy (non-hydrogen) atoms. The van der Waals surface area contributed by atoms with Gasteiger partial charge in [-0.1, -0.05) is 13.8 Å². The minimum Gasteiger partial charge on any atom is -0.396 e. The van der Waals surface area contributed by atoms with Crippen LogP contribution in [0.3, 0.4) is 0 Å². The third-order valence-electron chi connectivity index (χ3n) is 2.65. The molecule has 0 atom stereocenters. The van der Waals surface area contributed by atoms with E-state index in [1.54, 1.807) is 0 Å². The molecule has 1 fully saturated rings. The maximum atomic E-state index is 11.7. The van der Waals surface area contributed by atoms with E-state index >= 15 is 0 Å². The van der Waals surface area contributed by atoms with Crippen molar-refractivity contribution in [2.75, 3.05) is 13.2 Å². The first-order valence-corrected chi connectivity index (χ1v) is 5.40. The number of aliphatic hydroxyl groups is 1. The van der Waals surface area contributed by atoms with Gasteiger partial charge in [0.1, 0.15) is 0 Å². The van der Waals surface area contributed by atoms with Crippen molar-refractivity contribution in [1.29, 1.82) is 0 Å². The molecule has 1 N–H and O–H groups in total. The van der Waals surface area contributed by atoms with E-state index in [0.29, 0.717) is 32.2 Å². The summed E-state index contributed by atoms with van der Waals surface area (Å²) >= 11 is 0. The maximum absolute atomic E-state index is 11.7. The van der Waals surface area contributed by atoms with Crippen molar-refractivity contribution >= 4 is 11.8 Å². The van der Waals surface area contributed by atoms with E-state index in [0.717, 1.165) is 0 Å². The highest BCUT2D eigenvalue weighted by molar-refractivity contribution is 5.98. The lowest BCUT2D eigenvalue weighted by Gasteiger charge is -2.34. The molecule has 86 valence electrons. The van der Waals surface area contributed by atoms with Crippen molar-refractivity contribution in [2.24, 2.45) is 5.41 Å². The summed E-state index contributed by atoms with van der Waals surface area (Å²) in [6.07, 6.45) is 2.21. The number of hydrogen-bond donors (Lipinski definition) is 1. The van der Waals surface area contributed by atoms with Gasteiger partial charge in [0.15, 0.2) is 0 Å². The smallest absolute Gasteiger partial charge is 0.229 e. The fourth-order valence-corrected chi connectivity index (χ4v) is 1.84. The van der Waals surface area contributed by atoms with Crippen molar-refractivity contribution in [3.05, 3.63) is 0 Å². The van der Waals surface area contributed by atoms with Gasteiger partial charge < -0.3 is 5.11 Å². The van der Waals surface area contributed by atoms with E-state index in [2.05, 4.69) is 0 Å². The monoisotopic (exact) mass is 213 g/mol. The molecule has 0 spiro atoms. The van der Waals surface area contributed by atoms with Gasteiger partial charge in [-0.2, -0.15) is 0 Å². The Kier molecular flexibility index (Phi) is 3.85. The fraction of sp³-hybridized carbons (Fsp3) is 0.818. The van der Waals surface area contributed by atoms with Crippen molar-refractivity contribution < 1.29 is 14.7 Å². The molecular formula is C11H19NO3. The summed E-state index contributed by atoms with van der Waals surface area (Å²) in [7, 11) is 0. The lowest BCUT2D eigenvalue weighted by Crippen LogP contribution is -2.46. The molecule has 0 bridgehead atoms. The van der Waals surface area contributed by atoms with Crippen LogP contribution in [0.25, 0.3) is 0 Å². The van der Waals surface area contributed by atoms with E-state index in [1.807, 2.05) is 13.8 Å². The van der Waals surface area contributed by atoms with Crippen molar-refractivity contribution in [2.45, 2.75) is 39.5 Å². The highest BCUT2D eigenvalue weighted by Gasteiger charge is 2.36. The Morgan fingerprint density at radius 3 is 2.20 bits per heavy atom. The van der Waals surface area contributed by atoms with E-state index in [4.69, 9.17) is 5.11 Å². The minimum absolute atomic E-state index is 0.0748. The standard InChI is InChI=1S/C11H19NO3/c1-11(2)7-9(14)12(10(15)8-11)5-3-4-6-13/h13H,3-8H2,1-2H3. The zero-order chi connectivity index (χ0) is 11.5. The van der Waals surface area contributed by atoms with Gasteiger partial charge in [-0.25, -0.2) is 0 Å². The van der Waals surface area contributed by atoms with Gasteiger partial charge in [0.25, 0.3) is 0 Å². The number of piperidine rings is 1. The quantitative estimate of drug-likeness (QED) is 0.558. The average Bonchev–Trinajstić information content (AvgIpc) is 2.08. The number of imide groups is 1. The van der Waals surface area contributed by atoms with E-state index in [1.165, 1.54) is 4.90 Å². The predicted molar refractivity (Wildman–Crippen MR) is 56.1 cm³/mol. The molecule has 0 aromatic carbocycles. The lowest BCUT2D eigenvalue weighted by atomic mass is 9.82. The molecule has 0 aromatic rings. The van der Waals surface area contributed by atoms with Crippen LogP contribution in [0.1, 0.15) is 39.5 Å². The average molecular weight is 213 g/mol. The largest absolute Gasteiger partial charge is 0.396 e. The predicted octanol–water partition coefficient (Wildman–Crippen LogP) is 0.934. The van der Waals surface area contributed by atoms with Crippen LogP contribution in [0.2, 0.25) is 0 Å². The number of carbonyl (C=O) groups excluding carboxylic acids is 2. The molecule has 0 unspecified atom stereocenters. The zero-order valence-corrected chi connectivity index (χ0v) is 9.45. The van der Waals surface area contributed by atoms with Gasteiger partial charge in [0, 0.05) is 26.0 Å². The first-order chi connectivity index (χ1) is 6.96. The molecule has 4 heteroatoms. The minimum atomic E-state index is -0.193. The number of rotatable bonds is 4. The second kappa shape index (κ2) is 4.75. The normalized spacial score (nSPS) is 20.9. The van der Waals surface area contributed by atoms with Gasteiger partial charge >= 0.3 is 0 Å². The van der Waals surface area contributed by atoms with Gasteiger partial charge in [-0.15, -0.1) is 0 Å². The summed E-state index contributed by atoms with van der Waals surface area (Å²) < 4.78 is 0. The third-order valence-corrected chi connectivity index (χ3v) is 2.65. The van der Waals surface area contributed by atoms with Crippen LogP contribution >= 0.6 is 0 Å². The summed E-state index contributed by atoms with van der Waals surface area (Å²) in [4.78, 5) is 24.6. The Bertz CT molecular complexity index is 241. The molecule has 1 aliphatic heterocycles. The Morgan fingerprint density at radius 1 is 1.20 bits per heavy atom. The fourth-order valence-electron chi connectivity index (χ4n) is 1.84. The summed E-state index contributed by atoms with van der Waals surface area (Å²) in [6, 6.07) is 0. The molecule has 1 heterocycles. The first-order valence-electron chi connectivity index (χ1n) is 5.40. The number of carbonyl (C=O) groups is 2. The second-order valence-corrected chi connectivity index (χ2v) is 4.89. The van der Waals surface area contributed by atoms with Crippen LogP contribution in [0.5, 0.6) is 0 Å². The molecule has 2 amide bonds.